The van der Waals surface area contributed by atoms with E-state index >= 15 is 0 Å². The predicted octanol–water partition coefficient (Wildman–Crippen LogP) is 2.29. The highest BCUT2D eigenvalue weighted by Gasteiger charge is 2.31. The van der Waals surface area contributed by atoms with Crippen molar-refractivity contribution in [2.24, 2.45) is 0 Å². The SMILES string of the molecule is CCCn1ccnc1SCC1=C(C(=O)OCC)C(CC)NC(=O)N1. The second kappa shape index (κ2) is 8.77. The molecule has 8 heteroatoms. The minimum Gasteiger partial charge on any atom is -0.463 e. The van der Waals surface area contributed by atoms with E-state index in [0.29, 0.717) is 30.1 Å². The molecular formula is C16H24N4O3S. The number of esters is 1. The Morgan fingerprint density at radius 2 is 2.21 bits per heavy atom. The summed E-state index contributed by atoms with van der Waals surface area (Å²) in [4.78, 5) is 28.5. The zero-order chi connectivity index (χ0) is 17.5. The van der Waals surface area contributed by atoms with Crippen molar-refractivity contribution in [3.05, 3.63) is 23.7 Å². The lowest BCUT2D eigenvalue weighted by Crippen LogP contribution is -2.50. The second-order valence-electron chi connectivity index (χ2n) is 5.36. The first kappa shape index (κ1) is 18.4. The van der Waals surface area contributed by atoms with Crippen molar-refractivity contribution in [2.45, 2.75) is 51.4 Å². The Labute approximate surface area is 146 Å². The average molecular weight is 352 g/mol. The molecule has 0 saturated heterocycles. The fraction of sp³-hybridized carbons (Fsp3) is 0.562. The zero-order valence-electron chi connectivity index (χ0n) is 14.3. The highest BCUT2D eigenvalue weighted by Crippen LogP contribution is 2.24. The molecule has 132 valence electrons. The number of ether oxygens (including phenoxy) is 1. The van der Waals surface area contributed by atoms with Crippen molar-refractivity contribution in [2.75, 3.05) is 12.4 Å². The van der Waals surface area contributed by atoms with Crippen LogP contribution in [0.3, 0.4) is 0 Å². The molecule has 24 heavy (non-hydrogen) atoms. The number of hydrogen-bond acceptors (Lipinski definition) is 5. The molecule has 0 radical (unpaired) electrons. The monoisotopic (exact) mass is 352 g/mol. The summed E-state index contributed by atoms with van der Waals surface area (Å²) >= 11 is 1.50. The maximum absolute atomic E-state index is 12.3. The van der Waals surface area contributed by atoms with Gasteiger partial charge in [-0.25, -0.2) is 14.6 Å². The van der Waals surface area contributed by atoms with E-state index in [-0.39, 0.29) is 18.0 Å². The van der Waals surface area contributed by atoms with Crippen LogP contribution in [0.15, 0.2) is 28.8 Å². The summed E-state index contributed by atoms with van der Waals surface area (Å²) in [5.41, 5.74) is 1.10. The van der Waals surface area contributed by atoms with Gasteiger partial charge in [-0.1, -0.05) is 25.6 Å². The molecule has 0 fully saturated rings. The maximum Gasteiger partial charge on any atom is 0.337 e. The van der Waals surface area contributed by atoms with E-state index in [2.05, 4.69) is 27.1 Å². The van der Waals surface area contributed by atoms with E-state index in [1.165, 1.54) is 11.8 Å². The Morgan fingerprint density at radius 1 is 1.42 bits per heavy atom. The van der Waals surface area contributed by atoms with Crippen LogP contribution in [0.5, 0.6) is 0 Å². The molecule has 0 bridgehead atoms. The van der Waals surface area contributed by atoms with Gasteiger partial charge in [0, 0.05) is 30.4 Å². The van der Waals surface area contributed by atoms with Crippen molar-refractivity contribution >= 4 is 23.8 Å². The normalized spacial score (nSPS) is 17.5. The van der Waals surface area contributed by atoms with Gasteiger partial charge in [0.1, 0.15) is 0 Å². The maximum atomic E-state index is 12.3. The second-order valence-corrected chi connectivity index (χ2v) is 6.31. The Bertz CT molecular complexity index is 627. The zero-order valence-corrected chi connectivity index (χ0v) is 15.1. The third kappa shape index (κ3) is 4.31. The van der Waals surface area contributed by atoms with Gasteiger partial charge in [0.15, 0.2) is 5.16 Å². The molecule has 1 unspecified atom stereocenters. The number of hydrogen-bond donors (Lipinski definition) is 2. The van der Waals surface area contributed by atoms with Gasteiger partial charge in [-0.2, -0.15) is 0 Å². The topological polar surface area (TPSA) is 85.2 Å². The number of imidazole rings is 1. The van der Waals surface area contributed by atoms with Crippen LogP contribution in [0.2, 0.25) is 0 Å². The minimum atomic E-state index is -0.385. The molecule has 0 spiro atoms. The summed E-state index contributed by atoms with van der Waals surface area (Å²) < 4.78 is 7.23. The van der Waals surface area contributed by atoms with Crippen LogP contribution in [0.1, 0.15) is 33.6 Å². The van der Waals surface area contributed by atoms with Gasteiger partial charge in [-0.15, -0.1) is 0 Å². The lowest BCUT2D eigenvalue weighted by Gasteiger charge is -2.28. The van der Waals surface area contributed by atoms with Crippen LogP contribution in [-0.4, -0.2) is 40.0 Å². The first-order chi connectivity index (χ1) is 11.6. The summed E-state index contributed by atoms with van der Waals surface area (Å²) in [5.74, 6) is 0.0723. The predicted molar refractivity (Wildman–Crippen MR) is 92.6 cm³/mol. The molecule has 1 aliphatic heterocycles. The van der Waals surface area contributed by atoms with Gasteiger partial charge in [0.25, 0.3) is 0 Å². The molecule has 2 N–H and O–H groups in total. The molecular weight excluding hydrogens is 328 g/mol. The number of rotatable bonds is 8. The number of aryl methyl sites for hydroxylation is 1. The fourth-order valence-electron chi connectivity index (χ4n) is 2.56. The van der Waals surface area contributed by atoms with Gasteiger partial charge in [-0.05, 0) is 19.8 Å². The van der Waals surface area contributed by atoms with Crippen molar-refractivity contribution in [1.82, 2.24) is 20.2 Å². The first-order valence-electron chi connectivity index (χ1n) is 8.22. The Hall–Kier alpha value is -1.96. The van der Waals surface area contributed by atoms with Crippen LogP contribution >= 0.6 is 11.8 Å². The molecule has 2 amide bonds. The molecule has 7 nitrogen and oxygen atoms in total. The van der Waals surface area contributed by atoms with E-state index in [9.17, 15) is 9.59 Å². The van der Waals surface area contributed by atoms with E-state index < -0.39 is 0 Å². The fourth-order valence-corrected chi connectivity index (χ4v) is 3.51. The van der Waals surface area contributed by atoms with E-state index in [4.69, 9.17) is 4.74 Å². The van der Waals surface area contributed by atoms with Crippen LogP contribution in [0, 0.1) is 0 Å². The van der Waals surface area contributed by atoms with Gasteiger partial charge < -0.3 is 19.9 Å². The van der Waals surface area contributed by atoms with Gasteiger partial charge in [-0.3, -0.25) is 0 Å². The number of aromatic nitrogens is 2. The van der Waals surface area contributed by atoms with E-state index in [1.54, 1.807) is 13.1 Å². The third-order valence-corrected chi connectivity index (χ3v) is 4.67. The van der Waals surface area contributed by atoms with Crippen LogP contribution in [0.25, 0.3) is 0 Å². The highest BCUT2D eigenvalue weighted by molar-refractivity contribution is 7.99. The molecule has 0 aromatic carbocycles. The number of amides is 2. The number of carbonyl (C=O) groups is 2. The molecule has 1 aliphatic rings. The minimum absolute atomic E-state index is 0.289. The standard InChI is InChI=1S/C16H24N4O3S/c1-4-8-20-9-7-17-16(20)24-10-12-13(14(21)23-6-3)11(5-2)18-15(22)19-12/h7,9,11H,4-6,8,10H2,1-3H3,(H2,18,19,22). The number of carbonyl (C=O) groups excluding carboxylic acids is 2. The summed E-state index contributed by atoms with van der Waals surface area (Å²) in [6.07, 6.45) is 5.33. The van der Waals surface area contributed by atoms with Crippen molar-refractivity contribution in [1.29, 1.82) is 0 Å². The quantitative estimate of drug-likeness (QED) is 0.554. The van der Waals surface area contributed by atoms with E-state index in [1.807, 2.05) is 13.1 Å². The molecule has 2 rings (SSSR count). The van der Waals surface area contributed by atoms with Crippen molar-refractivity contribution < 1.29 is 14.3 Å². The van der Waals surface area contributed by atoms with Crippen LogP contribution < -0.4 is 10.6 Å². The largest absolute Gasteiger partial charge is 0.463 e. The Balaban J connectivity index is 2.22. The molecule has 1 aromatic heterocycles. The highest BCUT2D eigenvalue weighted by atomic mass is 32.2. The summed E-state index contributed by atoms with van der Waals surface area (Å²) in [7, 11) is 0. The smallest absolute Gasteiger partial charge is 0.337 e. The number of nitrogens with zero attached hydrogens (tertiary/aromatic N) is 2. The number of thioether (sulfide) groups is 1. The molecule has 2 heterocycles. The van der Waals surface area contributed by atoms with Crippen LogP contribution in [0.4, 0.5) is 4.79 Å². The number of nitrogens with one attached hydrogen (secondary N) is 2. The lowest BCUT2D eigenvalue weighted by molar-refractivity contribution is -0.139. The number of urea groups is 1. The lowest BCUT2D eigenvalue weighted by atomic mass is 10.0. The third-order valence-electron chi connectivity index (χ3n) is 3.63. The summed E-state index contributed by atoms with van der Waals surface area (Å²) in [5, 5.41) is 6.40. The average Bonchev–Trinajstić information content (AvgIpc) is 3.00. The Morgan fingerprint density at radius 3 is 2.88 bits per heavy atom. The van der Waals surface area contributed by atoms with Gasteiger partial charge >= 0.3 is 12.0 Å². The first-order valence-corrected chi connectivity index (χ1v) is 9.20. The summed E-state index contributed by atoms with van der Waals surface area (Å²) in [6, 6.07) is -0.619. The Kier molecular flexibility index (Phi) is 6.72. The van der Waals surface area contributed by atoms with Crippen LogP contribution in [-0.2, 0) is 16.1 Å². The van der Waals surface area contributed by atoms with Gasteiger partial charge in [0.05, 0.1) is 18.2 Å². The van der Waals surface area contributed by atoms with Gasteiger partial charge in [0.2, 0.25) is 0 Å². The summed E-state index contributed by atoms with van der Waals surface area (Å²) in [6.45, 7) is 6.98. The van der Waals surface area contributed by atoms with Crippen molar-refractivity contribution in [3.63, 3.8) is 0 Å². The van der Waals surface area contributed by atoms with Crippen molar-refractivity contribution in [3.8, 4) is 0 Å². The molecule has 1 aromatic rings. The van der Waals surface area contributed by atoms with E-state index in [0.717, 1.165) is 18.1 Å². The molecule has 1 atom stereocenters. The molecule has 0 aliphatic carbocycles. The molecule has 0 saturated carbocycles.